The van der Waals surface area contributed by atoms with E-state index in [4.69, 9.17) is 14.2 Å². The second-order valence-electron chi connectivity index (χ2n) is 25.9. The molecule has 0 N–H and O–H groups in total. The van der Waals surface area contributed by atoms with Crippen LogP contribution in [0.3, 0.4) is 0 Å². The summed E-state index contributed by atoms with van der Waals surface area (Å²) < 4.78 is 17.0. The molecule has 0 aromatic rings. The van der Waals surface area contributed by atoms with Gasteiger partial charge in [0.05, 0.1) is 0 Å². The minimum atomic E-state index is -0.774. The number of hydrogen-bond donors (Lipinski definition) is 0. The predicted molar refractivity (Wildman–Crippen MR) is 363 cm³/mol. The van der Waals surface area contributed by atoms with Gasteiger partial charge in [-0.15, -0.1) is 0 Å². The molecule has 1 unspecified atom stereocenters. The molecule has 0 saturated heterocycles. The van der Waals surface area contributed by atoms with Crippen molar-refractivity contribution in [2.24, 2.45) is 0 Å². The summed E-state index contributed by atoms with van der Waals surface area (Å²) >= 11 is 0. The third kappa shape index (κ3) is 70.5. The molecule has 0 aromatic heterocycles. The van der Waals surface area contributed by atoms with E-state index in [1.807, 2.05) is 0 Å². The Morgan fingerprint density at radius 3 is 0.699 bits per heavy atom. The Morgan fingerprint density at radius 1 is 0.241 bits per heavy atom. The quantitative estimate of drug-likeness (QED) is 0.0261. The highest BCUT2D eigenvalue weighted by molar-refractivity contribution is 5.71. The monoisotopic (exact) mass is 1170 g/mol. The summed E-state index contributed by atoms with van der Waals surface area (Å²) in [5.41, 5.74) is 0. The van der Waals surface area contributed by atoms with E-state index in [9.17, 15) is 14.4 Å². The van der Waals surface area contributed by atoms with Crippen LogP contribution in [0.4, 0.5) is 0 Å². The largest absolute Gasteiger partial charge is 0.462 e. The van der Waals surface area contributed by atoms with Crippen LogP contribution < -0.4 is 0 Å². The van der Waals surface area contributed by atoms with Crippen molar-refractivity contribution in [3.05, 3.63) is 24.3 Å². The maximum atomic E-state index is 13.0. The van der Waals surface area contributed by atoms with Crippen molar-refractivity contribution in [2.75, 3.05) is 13.2 Å². The summed E-state index contributed by atoms with van der Waals surface area (Å²) in [7, 11) is 0. The van der Waals surface area contributed by atoms with Crippen molar-refractivity contribution in [1.29, 1.82) is 0 Å². The van der Waals surface area contributed by atoms with Crippen LogP contribution in [0.1, 0.15) is 432 Å². The van der Waals surface area contributed by atoms with E-state index in [2.05, 4.69) is 45.1 Å². The first-order valence-electron chi connectivity index (χ1n) is 37.8. The lowest BCUT2D eigenvalue weighted by Crippen LogP contribution is -2.30. The van der Waals surface area contributed by atoms with E-state index in [-0.39, 0.29) is 31.1 Å². The molecular weight excluding hydrogens is 1020 g/mol. The second-order valence-corrected chi connectivity index (χ2v) is 25.9. The van der Waals surface area contributed by atoms with Gasteiger partial charge in [0.1, 0.15) is 13.2 Å². The van der Waals surface area contributed by atoms with E-state index in [0.29, 0.717) is 19.3 Å². The molecule has 83 heavy (non-hydrogen) atoms. The molecule has 0 bridgehead atoms. The number of unbranched alkanes of at least 4 members (excludes halogenated alkanes) is 56. The van der Waals surface area contributed by atoms with Crippen molar-refractivity contribution in [2.45, 2.75) is 438 Å². The maximum absolute atomic E-state index is 13.0. The highest BCUT2D eigenvalue weighted by Gasteiger charge is 2.20. The van der Waals surface area contributed by atoms with Gasteiger partial charge in [0.15, 0.2) is 6.10 Å². The standard InChI is InChI=1S/C77H146O6/c1-4-7-10-13-16-19-22-25-28-30-32-34-35-36-37-38-39-40-41-42-44-45-47-49-52-55-58-61-64-67-70-76(79)82-73-74(72-81-75(78)69-66-63-60-57-54-51-27-24-21-18-15-12-9-6-3)83-77(80)71-68-65-62-59-56-53-50-48-46-43-33-31-29-26-23-20-17-14-11-8-5-2/h15,18,24,27,74H,4-14,16-17,19-23,25-26,28-73H2,1-3H3/b18-15-,27-24-. The lowest BCUT2D eigenvalue weighted by molar-refractivity contribution is -0.167. The van der Waals surface area contributed by atoms with Gasteiger partial charge in [-0.25, -0.2) is 0 Å². The van der Waals surface area contributed by atoms with E-state index < -0.39 is 6.10 Å². The zero-order chi connectivity index (χ0) is 59.9. The van der Waals surface area contributed by atoms with Crippen LogP contribution in [0.25, 0.3) is 0 Å². The van der Waals surface area contributed by atoms with Gasteiger partial charge in [-0.05, 0) is 44.9 Å². The molecular formula is C77H146O6. The Bertz CT molecular complexity index is 1340. The Kier molecular flexibility index (Phi) is 70.5. The van der Waals surface area contributed by atoms with Crippen LogP contribution in [0, 0.1) is 0 Å². The zero-order valence-corrected chi connectivity index (χ0v) is 56.5. The van der Waals surface area contributed by atoms with E-state index in [0.717, 1.165) is 77.0 Å². The molecule has 6 heteroatoms. The third-order valence-corrected chi connectivity index (χ3v) is 17.5. The smallest absolute Gasteiger partial charge is 0.306 e. The summed E-state index contributed by atoms with van der Waals surface area (Å²) in [5, 5.41) is 0. The summed E-state index contributed by atoms with van der Waals surface area (Å²) in [6, 6.07) is 0. The Morgan fingerprint density at radius 2 is 0.446 bits per heavy atom. The van der Waals surface area contributed by atoms with Gasteiger partial charge in [0.25, 0.3) is 0 Å². The average molecular weight is 1170 g/mol. The molecule has 0 amide bonds. The third-order valence-electron chi connectivity index (χ3n) is 17.5. The van der Waals surface area contributed by atoms with Crippen LogP contribution in [0.2, 0.25) is 0 Å². The fraction of sp³-hybridized carbons (Fsp3) is 0.909. The fourth-order valence-electron chi connectivity index (χ4n) is 11.8. The zero-order valence-electron chi connectivity index (χ0n) is 56.5. The van der Waals surface area contributed by atoms with Crippen molar-refractivity contribution >= 4 is 17.9 Å². The number of hydrogen-bond acceptors (Lipinski definition) is 6. The van der Waals surface area contributed by atoms with Gasteiger partial charge in [-0.2, -0.15) is 0 Å². The molecule has 1 atom stereocenters. The Hall–Kier alpha value is -2.11. The van der Waals surface area contributed by atoms with Gasteiger partial charge < -0.3 is 14.2 Å². The number of allylic oxidation sites excluding steroid dienone is 4. The first-order chi connectivity index (χ1) is 41.0. The van der Waals surface area contributed by atoms with E-state index in [1.54, 1.807) is 0 Å². The summed E-state index contributed by atoms with van der Waals surface area (Å²) in [5.74, 6) is -0.848. The lowest BCUT2D eigenvalue weighted by Gasteiger charge is -2.18. The number of esters is 3. The topological polar surface area (TPSA) is 78.9 Å². The first kappa shape index (κ1) is 80.9. The molecule has 0 radical (unpaired) electrons. The molecule has 0 aliphatic heterocycles. The van der Waals surface area contributed by atoms with Crippen LogP contribution in [-0.2, 0) is 28.6 Å². The Balaban J connectivity index is 4.16. The maximum Gasteiger partial charge on any atom is 0.306 e. The van der Waals surface area contributed by atoms with Crippen molar-refractivity contribution in [3.8, 4) is 0 Å². The highest BCUT2D eigenvalue weighted by Crippen LogP contribution is 2.20. The molecule has 6 nitrogen and oxygen atoms in total. The number of carbonyl (C=O) groups excluding carboxylic acids is 3. The van der Waals surface area contributed by atoms with Crippen LogP contribution in [-0.4, -0.2) is 37.2 Å². The predicted octanol–water partition coefficient (Wildman–Crippen LogP) is 26.1. The fourth-order valence-corrected chi connectivity index (χ4v) is 11.8. The van der Waals surface area contributed by atoms with Gasteiger partial charge in [-0.3, -0.25) is 14.4 Å². The van der Waals surface area contributed by atoms with Crippen molar-refractivity contribution in [1.82, 2.24) is 0 Å². The average Bonchev–Trinajstić information content (AvgIpc) is 3.50. The normalized spacial score (nSPS) is 12.1. The minimum Gasteiger partial charge on any atom is -0.462 e. The molecule has 0 rings (SSSR count). The molecule has 0 aliphatic rings. The SMILES string of the molecule is CCCC/C=C\C/C=C\CCCCCCCC(=O)OCC(COC(=O)CCCCCCCCCCCCCCCCCCCCCCCCCCCCCCCC)OC(=O)CCCCCCCCCCCCCCCCCCCCCCC. The summed E-state index contributed by atoms with van der Waals surface area (Å²) in [4.78, 5) is 38.5. The molecule has 0 heterocycles. The van der Waals surface area contributed by atoms with Crippen molar-refractivity contribution < 1.29 is 28.6 Å². The number of carbonyl (C=O) groups is 3. The van der Waals surface area contributed by atoms with E-state index in [1.165, 1.54) is 315 Å². The van der Waals surface area contributed by atoms with E-state index >= 15 is 0 Å². The minimum absolute atomic E-state index is 0.0691. The summed E-state index contributed by atoms with van der Waals surface area (Å²) in [6.45, 7) is 6.68. The number of rotatable bonds is 71. The second kappa shape index (κ2) is 72.4. The van der Waals surface area contributed by atoms with Gasteiger partial charge in [0.2, 0.25) is 0 Å². The number of ether oxygens (including phenoxy) is 3. The van der Waals surface area contributed by atoms with Gasteiger partial charge in [-0.1, -0.05) is 392 Å². The summed E-state index contributed by atoms with van der Waals surface area (Å²) in [6.07, 6.45) is 89.5. The van der Waals surface area contributed by atoms with Crippen LogP contribution in [0.5, 0.6) is 0 Å². The molecule has 0 aliphatic carbocycles. The lowest BCUT2D eigenvalue weighted by atomic mass is 10.0. The van der Waals surface area contributed by atoms with Gasteiger partial charge >= 0.3 is 17.9 Å². The first-order valence-corrected chi connectivity index (χ1v) is 37.8. The molecule has 0 saturated carbocycles. The van der Waals surface area contributed by atoms with Crippen LogP contribution >= 0.6 is 0 Å². The molecule has 0 fully saturated rings. The van der Waals surface area contributed by atoms with Crippen LogP contribution in [0.15, 0.2) is 24.3 Å². The van der Waals surface area contributed by atoms with Gasteiger partial charge in [0, 0.05) is 19.3 Å². The van der Waals surface area contributed by atoms with Crippen molar-refractivity contribution in [3.63, 3.8) is 0 Å². The Labute approximate surface area is 519 Å². The molecule has 0 spiro atoms. The highest BCUT2D eigenvalue weighted by atomic mass is 16.6. The molecule has 490 valence electrons. The molecule has 0 aromatic carbocycles.